The molecule has 68 valence electrons. The minimum atomic E-state index is 0.375. The second kappa shape index (κ2) is 3.26. The van der Waals surface area contributed by atoms with Crippen LogP contribution in [-0.2, 0) is 0 Å². The SMILES string of the molecule is CC(C)c1n[nH]c(=S)n1N(C)C. The van der Waals surface area contributed by atoms with Gasteiger partial charge in [-0.2, -0.15) is 5.10 Å². The van der Waals surface area contributed by atoms with Gasteiger partial charge in [0.15, 0.2) is 5.82 Å². The van der Waals surface area contributed by atoms with E-state index in [9.17, 15) is 0 Å². The monoisotopic (exact) mass is 186 g/mol. The maximum absolute atomic E-state index is 5.07. The van der Waals surface area contributed by atoms with Crippen molar-refractivity contribution in [2.45, 2.75) is 19.8 Å². The molecule has 0 saturated carbocycles. The third-order valence-corrected chi connectivity index (χ3v) is 1.86. The first-order valence-corrected chi connectivity index (χ1v) is 4.29. The zero-order chi connectivity index (χ0) is 9.30. The van der Waals surface area contributed by atoms with Crippen molar-refractivity contribution in [3.8, 4) is 0 Å². The third-order valence-electron chi connectivity index (χ3n) is 1.59. The Morgan fingerprint density at radius 2 is 2.08 bits per heavy atom. The normalized spacial score (nSPS) is 10.8. The predicted octanol–water partition coefficient (Wildman–Crippen LogP) is 1.26. The first kappa shape index (κ1) is 9.25. The Balaban J connectivity index is 3.22. The smallest absolute Gasteiger partial charge is 0.214 e. The molecule has 1 aromatic rings. The molecule has 0 unspecified atom stereocenters. The molecule has 0 saturated heterocycles. The predicted molar refractivity (Wildman–Crippen MR) is 51.6 cm³/mol. The van der Waals surface area contributed by atoms with Crippen LogP contribution in [-0.4, -0.2) is 29.0 Å². The average molecular weight is 186 g/mol. The zero-order valence-electron chi connectivity index (χ0n) is 7.83. The Morgan fingerprint density at radius 1 is 1.50 bits per heavy atom. The standard InChI is InChI=1S/C7H14N4S/c1-5(2)6-8-9-7(12)11(6)10(3)4/h5H,1-4H3,(H,9,12). The number of hydrogen-bond donors (Lipinski definition) is 1. The summed E-state index contributed by atoms with van der Waals surface area (Å²) in [6.07, 6.45) is 0. The summed E-state index contributed by atoms with van der Waals surface area (Å²) < 4.78 is 2.53. The van der Waals surface area contributed by atoms with Gasteiger partial charge >= 0.3 is 0 Å². The molecule has 5 heteroatoms. The van der Waals surface area contributed by atoms with Crippen molar-refractivity contribution in [3.63, 3.8) is 0 Å². The van der Waals surface area contributed by atoms with Crippen molar-refractivity contribution >= 4 is 12.2 Å². The van der Waals surface area contributed by atoms with E-state index < -0.39 is 0 Å². The molecule has 0 aliphatic heterocycles. The van der Waals surface area contributed by atoms with Crippen LogP contribution in [0.2, 0.25) is 0 Å². The second-order valence-electron chi connectivity index (χ2n) is 3.20. The van der Waals surface area contributed by atoms with Gasteiger partial charge in [0.25, 0.3) is 0 Å². The third kappa shape index (κ3) is 1.50. The molecule has 1 aromatic heterocycles. The summed E-state index contributed by atoms with van der Waals surface area (Å²) in [5, 5.41) is 8.83. The van der Waals surface area contributed by atoms with E-state index in [2.05, 4.69) is 24.0 Å². The van der Waals surface area contributed by atoms with E-state index in [1.807, 2.05) is 23.8 Å². The molecule has 0 fully saturated rings. The van der Waals surface area contributed by atoms with Crippen LogP contribution in [0, 0.1) is 4.77 Å². The van der Waals surface area contributed by atoms with Crippen LogP contribution < -0.4 is 5.01 Å². The first-order chi connectivity index (χ1) is 5.54. The maximum atomic E-state index is 5.07. The lowest BCUT2D eigenvalue weighted by Gasteiger charge is -2.16. The Bertz CT molecular complexity index is 309. The maximum Gasteiger partial charge on any atom is 0.214 e. The largest absolute Gasteiger partial charge is 0.315 e. The number of nitrogens with one attached hydrogen (secondary N) is 1. The van der Waals surface area contributed by atoms with Gasteiger partial charge in [0.2, 0.25) is 4.77 Å². The van der Waals surface area contributed by atoms with Crippen molar-refractivity contribution in [3.05, 3.63) is 10.6 Å². The fraction of sp³-hybridized carbons (Fsp3) is 0.714. The quantitative estimate of drug-likeness (QED) is 0.706. The Labute approximate surface area is 77.2 Å². The number of aromatic nitrogens is 3. The highest BCUT2D eigenvalue weighted by Crippen LogP contribution is 2.10. The molecule has 0 aliphatic rings. The Kier molecular flexibility index (Phi) is 2.52. The van der Waals surface area contributed by atoms with Crippen molar-refractivity contribution < 1.29 is 0 Å². The van der Waals surface area contributed by atoms with Crippen molar-refractivity contribution in [1.29, 1.82) is 0 Å². The highest BCUT2D eigenvalue weighted by atomic mass is 32.1. The van der Waals surface area contributed by atoms with Crippen LogP contribution in [0.1, 0.15) is 25.6 Å². The van der Waals surface area contributed by atoms with Gasteiger partial charge in [0, 0.05) is 20.0 Å². The summed E-state index contributed by atoms with van der Waals surface area (Å²) in [4.78, 5) is 0. The van der Waals surface area contributed by atoms with Crippen LogP contribution in [0.5, 0.6) is 0 Å². The molecule has 0 atom stereocenters. The summed E-state index contributed by atoms with van der Waals surface area (Å²) in [5.74, 6) is 1.34. The fourth-order valence-electron chi connectivity index (χ4n) is 1.06. The van der Waals surface area contributed by atoms with Gasteiger partial charge < -0.3 is 5.01 Å². The highest BCUT2D eigenvalue weighted by Gasteiger charge is 2.10. The number of rotatable bonds is 2. The molecule has 0 aliphatic carbocycles. The average Bonchev–Trinajstić information content (AvgIpc) is 2.30. The number of aromatic amines is 1. The van der Waals surface area contributed by atoms with E-state index >= 15 is 0 Å². The molecule has 0 amide bonds. The van der Waals surface area contributed by atoms with E-state index in [1.54, 1.807) is 0 Å². The molecule has 0 aromatic carbocycles. The van der Waals surface area contributed by atoms with E-state index in [0.717, 1.165) is 5.82 Å². The number of H-pyrrole nitrogens is 1. The van der Waals surface area contributed by atoms with Gasteiger partial charge in [-0.1, -0.05) is 13.8 Å². The van der Waals surface area contributed by atoms with E-state index in [-0.39, 0.29) is 0 Å². The van der Waals surface area contributed by atoms with E-state index in [0.29, 0.717) is 10.7 Å². The van der Waals surface area contributed by atoms with E-state index in [4.69, 9.17) is 12.2 Å². The van der Waals surface area contributed by atoms with Gasteiger partial charge in [-0.3, -0.25) is 5.10 Å². The molecular weight excluding hydrogens is 172 g/mol. The molecule has 0 spiro atoms. The summed E-state index contributed by atoms with van der Waals surface area (Å²) in [5.41, 5.74) is 0. The summed E-state index contributed by atoms with van der Waals surface area (Å²) in [6.45, 7) is 4.18. The van der Waals surface area contributed by atoms with Gasteiger partial charge in [0.05, 0.1) is 0 Å². The van der Waals surface area contributed by atoms with Gasteiger partial charge in [-0.25, -0.2) is 4.68 Å². The van der Waals surface area contributed by atoms with Gasteiger partial charge in [-0.05, 0) is 12.2 Å². The second-order valence-corrected chi connectivity index (χ2v) is 3.59. The highest BCUT2D eigenvalue weighted by molar-refractivity contribution is 7.71. The summed E-state index contributed by atoms with van der Waals surface area (Å²) in [7, 11) is 3.88. The van der Waals surface area contributed by atoms with Gasteiger partial charge in [-0.15, -0.1) is 0 Å². The van der Waals surface area contributed by atoms with Crippen LogP contribution in [0.15, 0.2) is 0 Å². The molecule has 1 N–H and O–H groups in total. The molecule has 0 bridgehead atoms. The van der Waals surface area contributed by atoms with Crippen molar-refractivity contribution in [1.82, 2.24) is 14.9 Å². The summed E-state index contributed by atoms with van der Waals surface area (Å²) >= 11 is 5.07. The van der Waals surface area contributed by atoms with E-state index in [1.165, 1.54) is 0 Å². The lowest BCUT2D eigenvalue weighted by Crippen LogP contribution is -2.27. The fourth-order valence-corrected chi connectivity index (χ4v) is 1.37. The molecule has 1 rings (SSSR count). The molecule has 4 nitrogen and oxygen atoms in total. The molecular formula is C7H14N4S. The Hall–Kier alpha value is -0.840. The van der Waals surface area contributed by atoms with Gasteiger partial charge in [0.1, 0.15) is 0 Å². The lowest BCUT2D eigenvalue weighted by atomic mass is 10.2. The summed E-state index contributed by atoms with van der Waals surface area (Å²) in [6, 6.07) is 0. The van der Waals surface area contributed by atoms with Crippen molar-refractivity contribution in [2.24, 2.45) is 0 Å². The van der Waals surface area contributed by atoms with Crippen LogP contribution >= 0.6 is 12.2 Å². The first-order valence-electron chi connectivity index (χ1n) is 3.89. The topological polar surface area (TPSA) is 36.9 Å². The molecule has 1 heterocycles. The minimum absolute atomic E-state index is 0.375. The molecule has 0 radical (unpaired) electrons. The zero-order valence-corrected chi connectivity index (χ0v) is 8.64. The lowest BCUT2D eigenvalue weighted by molar-refractivity contribution is 0.632. The van der Waals surface area contributed by atoms with Crippen LogP contribution in [0.3, 0.4) is 0 Å². The van der Waals surface area contributed by atoms with Crippen LogP contribution in [0.4, 0.5) is 0 Å². The number of nitrogens with zero attached hydrogens (tertiary/aromatic N) is 3. The molecule has 12 heavy (non-hydrogen) atoms. The minimum Gasteiger partial charge on any atom is -0.315 e. The Morgan fingerprint density at radius 3 is 2.42 bits per heavy atom. The van der Waals surface area contributed by atoms with Crippen LogP contribution in [0.25, 0.3) is 0 Å². The number of hydrogen-bond acceptors (Lipinski definition) is 3. The van der Waals surface area contributed by atoms with Crippen molar-refractivity contribution in [2.75, 3.05) is 19.1 Å².